The highest BCUT2D eigenvalue weighted by molar-refractivity contribution is 7.99. The van der Waals surface area contributed by atoms with Crippen molar-refractivity contribution >= 4 is 17.7 Å². The van der Waals surface area contributed by atoms with E-state index in [1.54, 1.807) is 11.8 Å². The number of hydrogen-bond donors (Lipinski definition) is 1. The summed E-state index contributed by atoms with van der Waals surface area (Å²) in [4.78, 5) is 13.5. The third kappa shape index (κ3) is 4.27. The van der Waals surface area contributed by atoms with Gasteiger partial charge in [0.05, 0.1) is 5.56 Å². The Balaban J connectivity index is 2.00. The van der Waals surface area contributed by atoms with E-state index in [-0.39, 0.29) is 5.91 Å². The second-order valence-electron chi connectivity index (χ2n) is 5.15. The van der Waals surface area contributed by atoms with E-state index in [0.717, 1.165) is 35.5 Å². The summed E-state index contributed by atoms with van der Waals surface area (Å²) in [6.07, 6.45) is 7.21. The van der Waals surface area contributed by atoms with E-state index in [4.69, 9.17) is 0 Å². The van der Waals surface area contributed by atoms with Crippen LogP contribution in [0.15, 0.2) is 29.2 Å². The van der Waals surface area contributed by atoms with Gasteiger partial charge >= 0.3 is 0 Å². The molecule has 0 unspecified atom stereocenters. The molecule has 1 fully saturated rings. The normalized spacial score (nSPS) is 16.3. The van der Waals surface area contributed by atoms with Crippen LogP contribution in [0.2, 0.25) is 0 Å². The van der Waals surface area contributed by atoms with Crippen LogP contribution in [0.4, 0.5) is 0 Å². The first-order chi connectivity index (χ1) is 9.31. The van der Waals surface area contributed by atoms with Crippen LogP contribution in [0.5, 0.6) is 0 Å². The standard InChI is InChI=1S/C16H23NOS/c1-2-12-19-15-11-7-6-10-14(15)16(18)17-13-8-4-3-5-9-13/h6-7,10-11,13H,2-5,8-9,12H2,1H3,(H,17,18). The zero-order valence-electron chi connectivity index (χ0n) is 11.7. The monoisotopic (exact) mass is 277 g/mol. The predicted molar refractivity (Wildman–Crippen MR) is 81.8 cm³/mol. The zero-order valence-corrected chi connectivity index (χ0v) is 12.5. The molecule has 0 bridgehead atoms. The Morgan fingerprint density at radius 3 is 2.74 bits per heavy atom. The molecule has 104 valence electrons. The lowest BCUT2D eigenvalue weighted by Crippen LogP contribution is -2.36. The van der Waals surface area contributed by atoms with Crippen LogP contribution in [-0.4, -0.2) is 17.7 Å². The van der Waals surface area contributed by atoms with Crippen LogP contribution in [0, 0.1) is 0 Å². The van der Waals surface area contributed by atoms with E-state index in [1.807, 2.05) is 18.2 Å². The average Bonchev–Trinajstić information content (AvgIpc) is 2.46. The van der Waals surface area contributed by atoms with Gasteiger partial charge in [0.15, 0.2) is 0 Å². The van der Waals surface area contributed by atoms with Crippen molar-refractivity contribution < 1.29 is 4.79 Å². The Kier molecular flexibility index (Phi) is 5.77. The fraction of sp³-hybridized carbons (Fsp3) is 0.562. The van der Waals surface area contributed by atoms with Gasteiger partial charge in [-0.1, -0.05) is 38.3 Å². The molecule has 19 heavy (non-hydrogen) atoms. The number of nitrogens with one attached hydrogen (secondary N) is 1. The van der Waals surface area contributed by atoms with Crippen LogP contribution in [0.3, 0.4) is 0 Å². The lowest BCUT2D eigenvalue weighted by molar-refractivity contribution is 0.0925. The van der Waals surface area contributed by atoms with E-state index >= 15 is 0 Å². The van der Waals surface area contributed by atoms with E-state index in [0.29, 0.717) is 6.04 Å². The van der Waals surface area contributed by atoms with Gasteiger partial charge in [0, 0.05) is 10.9 Å². The van der Waals surface area contributed by atoms with Gasteiger partial charge < -0.3 is 5.32 Å². The molecule has 0 saturated heterocycles. The van der Waals surface area contributed by atoms with Crippen LogP contribution in [0.25, 0.3) is 0 Å². The molecule has 0 radical (unpaired) electrons. The topological polar surface area (TPSA) is 29.1 Å². The smallest absolute Gasteiger partial charge is 0.252 e. The van der Waals surface area contributed by atoms with Gasteiger partial charge in [0.25, 0.3) is 5.91 Å². The molecule has 0 aliphatic heterocycles. The highest BCUT2D eigenvalue weighted by atomic mass is 32.2. The Bertz CT molecular complexity index is 413. The summed E-state index contributed by atoms with van der Waals surface area (Å²) in [7, 11) is 0. The molecule has 0 atom stereocenters. The number of carbonyl (C=O) groups excluding carboxylic acids is 1. The summed E-state index contributed by atoms with van der Waals surface area (Å²) in [6, 6.07) is 8.33. The minimum Gasteiger partial charge on any atom is -0.349 e. The molecular formula is C16H23NOS. The predicted octanol–water partition coefficient (Wildman–Crippen LogP) is 4.25. The summed E-state index contributed by atoms with van der Waals surface area (Å²) in [5, 5.41) is 3.20. The van der Waals surface area contributed by atoms with Gasteiger partial charge in [-0.3, -0.25) is 4.79 Å². The van der Waals surface area contributed by atoms with Crippen LogP contribution in [-0.2, 0) is 0 Å². The average molecular weight is 277 g/mol. The third-order valence-corrected chi connectivity index (χ3v) is 4.81. The van der Waals surface area contributed by atoms with Gasteiger partial charge in [0.2, 0.25) is 0 Å². The summed E-state index contributed by atoms with van der Waals surface area (Å²) in [5.74, 6) is 1.17. The van der Waals surface area contributed by atoms with E-state index in [9.17, 15) is 4.79 Å². The maximum atomic E-state index is 12.4. The molecule has 1 aliphatic carbocycles. The Hall–Kier alpha value is -0.960. The molecular weight excluding hydrogens is 254 g/mol. The molecule has 1 aromatic carbocycles. The molecule has 0 spiro atoms. The number of hydrogen-bond acceptors (Lipinski definition) is 2. The lowest BCUT2D eigenvalue weighted by Gasteiger charge is -2.23. The van der Waals surface area contributed by atoms with E-state index in [2.05, 4.69) is 18.3 Å². The third-order valence-electron chi connectivity index (χ3n) is 3.53. The van der Waals surface area contributed by atoms with Crippen molar-refractivity contribution in [3.05, 3.63) is 29.8 Å². The molecule has 1 aliphatic rings. The SMILES string of the molecule is CCCSc1ccccc1C(=O)NC1CCCCC1. The first-order valence-electron chi connectivity index (χ1n) is 7.34. The van der Waals surface area contributed by atoms with Crippen LogP contribution >= 0.6 is 11.8 Å². The number of rotatable bonds is 5. The van der Waals surface area contributed by atoms with Gasteiger partial charge in [0.1, 0.15) is 0 Å². The summed E-state index contributed by atoms with van der Waals surface area (Å²) >= 11 is 1.78. The summed E-state index contributed by atoms with van der Waals surface area (Å²) in [6.45, 7) is 2.16. The summed E-state index contributed by atoms with van der Waals surface area (Å²) < 4.78 is 0. The van der Waals surface area contributed by atoms with Crippen molar-refractivity contribution in [2.24, 2.45) is 0 Å². The van der Waals surface area contributed by atoms with Crippen LogP contribution < -0.4 is 5.32 Å². The molecule has 0 heterocycles. The van der Waals surface area contributed by atoms with Gasteiger partial charge in [-0.2, -0.15) is 0 Å². The minimum atomic E-state index is 0.103. The molecule has 1 aromatic rings. The molecule has 1 saturated carbocycles. The fourth-order valence-electron chi connectivity index (χ4n) is 2.50. The number of benzene rings is 1. The highest BCUT2D eigenvalue weighted by Gasteiger charge is 2.18. The second kappa shape index (κ2) is 7.59. The number of carbonyl (C=O) groups is 1. The Morgan fingerprint density at radius 1 is 1.26 bits per heavy atom. The largest absolute Gasteiger partial charge is 0.349 e. The quantitative estimate of drug-likeness (QED) is 0.815. The number of amides is 1. The first kappa shape index (κ1) is 14.4. The lowest BCUT2D eigenvalue weighted by atomic mass is 9.95. The zero-order chi connectivity index (χ0) is 13.5. The van der Waals surface area contributed by atoms with E-state index in [1.165, 1.54) is 19.3 Å². The maximum absolute atomic E-state index is 12.4. The Labute approximate surface area is 120 Å². The number of thioether (sulfide) groups is 1. The second-order valence-corrected chi connectivity index (χ2v) is 6.29. The fourth-order valence-corrected chi connectivity index (χ4v) is 3.42. The Morgan fingerprint density at radius 2 is 2.00 bits per heavy atom. The van der Waals surface area contributed by atoms with Crippen molar-refractivity contribution in [2.45, 2.75) is 56.4 Å². The van der Waals surface area contributed by atoms with E-state index < -0.39 is 0 Å². The van der Waals surface area contributed by atoms with Crippen LogP contribution in [0.1, 0.15) is 55.8 Å². The van der Waals surface area contributed by atoms with Crippen molar-refractivity contribution in [1.29, 1.82) is 0 Å². The molecule has 0 aromatic heterocycles. The van der Waals surface area contributed by atoms with Crippen molar-refractivity contribution in [2.75, 3.05) is 5.75 Å². The van der Waals surface area contributed by atoms with Gasteiger partial charge in [-0.05, 0) is 37.1 Å². The highest BCUT2D eigenvalue weighted by Crippen LogP contribution is 2.24. The van der Waals surface area contributed by atoms with Gasteiger partial charge in [-0.15, -0.1) is 11.8 Å². The van der Waals surface area contributed by atoms with Gasteiger partial charge in [-0.25, -0.2) is 0 Å². The molecule has 2 nitrogen and oxygen atoms in total. The molecule has 2 rings (SSSR count). The minimum absolute atomic E-state index is 0.103. The molecule has 3 heteroatoms. The van der Waals surface area contributed by atoms with Crippen molar-refractivity contribution in [3.63, 3.8) is 0 Å². The first-order valence-corrected chi connectivity index (χ1v) is 8.32. The van der Waals surface area contributed by atoms with Crippen molar-refractivity contribution in [3.8, 4) is 0 Å². The molecule has 1 amide bonds. The van der Waals surface area contributed by atoms with Crippen molar-refractivity contribution in [1.82, 2.24) is 5.32 Å². The molecule has 1 N–H and O–H groups in total. The summed E-state index contributed by atoms with van der Waals surface area (Å²) in [5.41, 5.74) is 0.839. The maximum Gasteiger partial charge on any atom is 0.252 e.